The highest BCUT2D eigenvalue weighted by Gasteiger charge is 2.72. The molecule has 5 fully saturated rings. The maximum atomic E-state index is 14.1. The van der Waals surface area contributed by atoms with Gasteiger partial charge < -0.3 is 14.4 Å². The molecule has 1 saturated carbocycles. The Labute approximate surface area is 209 Å². The highest BCUT2D eigenvalue weighted by Crippen LogP contribution is 2.62. The molecule has 4 unspecified atom stereocenters. The Balaban J connectivity index is 1.42. The van der Waals surface area contributed by atoms with Gasteiger partial charge >= 0.3 is 12.1 Å². The second-order valence-corrected chi connectivity index (χ2v) is 12.7. The van der Waals surface area contributed by atoms with E-state index < -0.39 is 16.6 Å². The van der Waals surface area contributed by atoms with Crippen LogP contribution in [0.4, 0.5) is 4.79 Å². The number of piperidine rings is 1. The minimum Gasteiger partial charge on any atom is -0.450 e. The average Bonchev–Trinajstić information content (AvgIpc) is 3.23. The Morgan fingerprint density at radius 2 is 1.89 bits per heavy atom. The number of esters is 1. The Hall–Kier alpha value is -2.08. The van der Waals surface area contributed by atoms with Crippen LogP contribution in [0, 0.1) is 17.3 Å². The fourth-order valence-corrected chi connectivity index (χ4v) is 8.07. The van der Waals surface area contributed by atoms with Gasteiger partial charge in [0, 0.05) is 25.0 Å². The van der Waals surface area contributed by atoms with Crippen molar-refractivity contribution in [3.63, 3.8) is 0 Å². The first-order valence-corrected chi connectivity index (χ1v) is 13.7. The van der Waals surface area contributed by atoms with Crippen LogP contribution in [0.5, 0.6) is 0 Å². The van der Waals surface area contributed by atoms with Crippen LogP contribution in [-0.4, -0.2) is 64.8 Å². The van der Waals surface area contributed by atoms with Gasteiger partial charge in [0.05, 0.1) is 6.04 Å². The summed E-state index contributed by atoms with van der Waals surface area (Å²) in [6.07, 6.45) is 16.1. The summed E-state index contributed by atoms with van der Waals surface area (Å²) in [4.78, 5) is 32.0. The Morgan fingerprint density at radius 3 is 2.66 bits per heavy atom. The van der Waals surface area contributed by atoms with E-state index in [0.717, 1.165) is 56.3 Å². The SMILES string of the molecule is CC1=CC=C2C(C3CN(C(=O)OC(C)(C)C)C4CCCCC43)(C=C1)C(=O)O[C@]21CN2CCCC[C@H]21. The third-order valence-electron chi connectivity index (χ3n) is 9.53. The normalized spacial score (nSPS) is 40.7. The van der Waals surface area contributed by atoms with Crippen LogP contribution >= 0.6 is 0 Å². The summed E-state index contributed by atoms with van der Waals surface area (Å²) in [6, 6.07) is 0.404. The van der Waals surface area contributed by atoms with Crippen molar-refractivity contribution in [3.05, 3.63) is 35.5 Å². The zero-order valence-electron chi connectivity index (χ0n) is 21.7. The summed E-state index contributed by atoms with van der Waals surface area (Å²) in [6.45, 7) is 10.3. The Kier molecular flexibility index (Phi) is 5.30. The minimum atomic E-state index is -0.811. The summed E-state index contributed by atoms with van der Waals surface area (Å²) in [7, 11) is 0. The number of amides is 1. The first kappa shape index (κ1) is 23.3. The summed E-state index contributed by atoms with van der Waals surface area (Å²) >= 11 is 0. The first-order valence-electron chi connectivity index (χ1n) is 13.7. The smallest absolute Gasteiger partial charge is 0.410 e. The van der Waals surface area contributed by atoms with E-state index in [1.165, 1.54) is 12.8 Å². The molecule has 6 atom stereocenters. The van der Waals surface area contributed by atoms with Gasteiger partial charge in [0.25, 0.3) is 0 Å². The molecule has 190 valence electrons. The van der Waals surface area contributed by atoms with Crippen molar-refractivity contribution in [2.24, 2.45) is 17.3 Å². The number of ether oxygens (including phenoxy) is 2. The lowest BCUT2D eigenvalue weighted by Gasteiger charge is -2.57. The number of nitrogens with zero attached hydrogens (tertiary/aromatic N) is 2. The van der Waals surface area contributed by atoms with Gasteiger partial charge in [-0.3, -0.25) is 9.69 Å². The van der Waals surface area contributed by atoms with Gasteiger partial charge in [-0.15, -0.1) is 0 Å². The molecular formula is C29H40N2O4. The van der Waals surface area contributed by atoms with Gasteiger partial charge in [-0.25, -0.2) is 4.79 Å². The van der Waals surface area contributed by atoms with Crippen molar-refractivity contribution in [1.29, 1.82) is 0 Å². The van der Waals surface area contributed by atoms with E-state index in [9.17, 15) is 9.59 Å². The number of fused-ring (bicyclic) bond motifs is 5. The van der Waals surface area contributed by atoms with Crippen LogP contribution in [0.1, 0.15) is 72.6 Å². The monoisotopic (exact) mass is 480 g/mol. The third-order valence-corrected chi connectivity index (χ3v) is 9.53. The van der Waals surface area contributed by atoms with Gasteiger partial charge in [-0.1, -0.05) is 49.1 Å². The van der Waals surface area contributed by atoms with Gasteiger partial charge in [0.1, 0.15) is 11.0 Å². The number of carbonyl (C=O) groups excluding carboxylic acids is 2. The molecule has 6 nitrogen and oxygen atoms in total. The molecule has 4 heterocycles. The molecule has 6 rings (SSSR count). The van der Waals surface area contributed by atoms with Crippen molar-refractivity contribution in [1.82, 2.24) is 9.80 Å². The number of hydrogen-bond acceptors (Lipinski definition) is 5. The van der Waals surface area contributed by atoms with Crippen LogP contribution in [0.3, 0.4) is 0 Å². The molecule has 2 aliphatic carbocycles. The standard InChI is InChI=1S/C29H40N2O4/c1-19-12-13-23-28(15-14-19,25(32)34-29(23)18-30-16-8-7-11-24(29)30)21-17-31(26(33)35-27(2,3)4)22-10-6-5-9-20(21)22/h12-15,20-22,24H,5-11,16-18H2,1-4H3/t20?,21?,22?,24-,28?,29+/m0/s1. The van der Waals surface area contributed by atoms with Crippen LogP contribution in [0.15, 0.2) is 35.5 Å². The Bertz CT molecular complexity index is 1020. The lowest BCUT2D eigenvalue weighted by Crippen LogP contribution is -2.71. The number of hydrogen-bond donors (Lipinski definition) is 0. The second-order valence-electron chi connectivity index (χ2n) is 12.7. The summed E-state index contributed by atoms with van der Waals surface area (Å²) < 4.78 is 12.3. The molecule has 0 bridgehead atoms. The third kappa shape index (κ3) is 3.38. The predicted molar refractivity (Wildman–Crippen MR) is 134 cm³/mol. The molecule has 1 amide bonds. The largest absolute Gasteiger partial charge is 0.450 e. The maximum Gasteiger partial charge on any atom is 0.410 e. The highest BCUT2D eigenvalue weighted by molar-refractivity contribution is 5.90. The Morgan fingerprint density at radius 1 is 1.11 bits per heavy atom. The summed E-state index contributed by atoms with van der Waals surface area (Å²) in [5.74, 6) is 0.174. The molecule has 0 radical (unpaired) electrons. The van der Waals surface area contributed by atoms with Gasteiger partial charge in [0.2, 0.25) is 0 Å². The van der Waals surface area contributed by atoms with Crippen molar-refractivity contribution in [2.75, 3.05) is 19.6 Å². The molecule has 35 heavy (non-hydrogen) atoms. The lowest BCUT2D eigenvalue weighted by atomic mass is 9.58. The number of likely N-dealkylation sites (tertiary alicyclic amines) is 1. The predicted octanol–water partition coefficient (Wildman–Crippen LogP) is 5.00. The summed E-state index contributed by atoms with van der Waals surface area (Å²) in [5, 5.41) is 0. The van der Waals surface area contributed by atoms with Crippen molar-refractivity contribution in [3.8, 4) is 0 Å². The molecular weight excluding hydrogens is 440 g/mol. The van der Waals surface area contributed by atoms with Crippen LogP contribution in [0.25, 0.3) is 0 Å². The quantitative estimate of drug-likeness (QED) is 0.494. The molecule has 0 aromatic heterocycles. The van der Waals surface area contributed by atoms with E-state index in [4.69, 9.17) is 9.47 Å². The zero-order chi connectivity index (χ0) is 24.6. The molecule has 4 saturated heterocycles. The molecule has 1 spiro atoms. The maximum absolute atomic E-state index is 14.1. The van der Waals surface area contributed by atoms with Crippen molar-refractivity contribution < 1.29 is 19.1 Å². The fourth-order valence-electron chi connectivity index (χ4n) is 8.07. The first-order chi connectivity index (χ1) is 16.7. The topological polar surface area (TPSA) is 59.1 Å². The van der Waals surface area contributed by atoms with E-state index in [0.29, 0.717) is 6.54 Å². The molecule has 6 aliphatic rings. The van der Waals surface area contributed by atoms with Gasteiger partial charge in [0.15, 0.2) is 5.60 Å². The lowest BCUT2D eigenvalue weighted by molar-refractivity contribution is -0.181. The molecule has 0 aromatic carbocycles. The minimum absolute atomic E-state index is 0.00614. The number of rotatable bonds is 1. The van der Waals surface area contributed by atoms with Crippen molar-refractivity contribution in [2.45, 2.75) is 95.9 Å². The zero-order valence-corrected chi connectivity index (χ0v) is 21.7. The fraction of sp³-hybridized carbons (Fsp3) is 0.724. The molecule has 0 aromatic rings. The number of allylic oxidation sites excluding steroid dienone is 4. The van der Waals surface area contributed by atoms with Gasteiger partial charge in [-0.05, 0) is 71.4 Å². The number of carbonyl (C=O) groups is 2. The van der Waals surface area contributed by atoms with E-state index in [1.807, 2.05) is 25.7 Å². The van der Waals surface area contributed by atoms with E-state index in [2.05, 4.69) is 36.1 Å². The second kappa shape index (κ2) is 7.96. The van der Waals surface area contributed by atoms with E-state index in [-0.39, 0.29) is 36.0 Å². The summed E-state index contributed by atoms with van der Waals surface area (Å²) in [5.41, 5.74) is 0.419. The van der Waals surface area contributed by atoms with Crippen molar-refractivity contribution >= 4 is 12.1 Å². The highest BCUT2D eigenvalue weighted by atomic mass is 16.6. The van der Waals surface area contributed by atoms with Gasteiger partial charge in [-0.2, -0.15) is 0 Å². The van der Waals surface area contributed by atoms with Crippen LogP contribution in [0.2, 0.25) is 0 Å². The van der Waals surface area contributed by atoms with E-state index >= 15 is 0 Å². The molecule has 4 aliphatic heterocycles. The average molecular weight is 481 g/mol. The van der Waals surface area contributed by atoms with E-state index in [1.54, 1.807) is 0 Å². The van der Waals surface area contributed by atoms with Crippen LogP contribution in [-0.2, 0) is 14.3 Å². The molecule has 0 N–H and O–H groups in total. The van der Waals surface area contributed by atoms with Crippen LogP contribution < -0.4 is 0 Å². The molecule has 6 heteroatoms.